The second-order valence-corrected chi connectivity index (χ2v) is 10.3. The number of anilines is 2. The van der Waals surface area contributed by atoms with Gasteiger partial charge in [-0.2, -0.15) is 4.37 Å². The molecule has 1 rings (SSSR count). The predicted molar refractivity (Wildman–Crippen MR) is 77.0 cm³/mol. The molecule has 0 aliphatic rings. The average molecular weight is 327 g/mol. The van der Waals surface area contributed by atoms with Crippen LogP contribution in [0.1, 0.15) is 13.8 Å². The number of aromatic nitrogens is 1. The van der Waals surface area contributed by atoms with Gasteiger partial charge >= 0.3 is 0 Å². The van der Waals surface area contributed by atoms with Crippen LogP contribution in [0.3, 0.4) is 0 Å². The summed E-state index contributed by atoms with van der Waals surface area (Å²) in [6, 6.07) is 0. The Morgan fingerprint density at radius 1 is 1.26 bits per heavy atom. The number of hydrogen-bond acceptors (Lipinski definition) is 8. The van der Waals surface area contributed by atoms with E-state index in [0.29, 0.717) is 0 Å². The van der Waals surface area contributed by atoms with Crippen LogP contribution in [0.15, 0.2) is 4.90 Å². The summed E-state index contributed by atoms with van der Waals surface area (Å²) in [4.78, 5) is -0.0817. The van der Waals surface area contributed by atoms with Gasteiger partial charge in [0.1, 0.15) is 9.90 Å². The standard InChI is InChI=1S/C9H17N3O4S3/c1-9(2,19(4,15)16)5-11-8-6(18(3,13)14)7(10)12-17-8/h11H,5H2,1-4H3,(H2,10,12). The minimum atomic E-state index is -3.51. The van der Waals surface area contributed by atoms with Crippen molar-refractivity contribution in [3.63, 3.8) is 0 Å². The minimum absolute atomic E-state index is 0.0655. The van der Waals surface area contributed by atoms with Gasteiger partial charge in [-0.15, -0.1) is 0 Å². The largest absolute Gasteiger partial charge is 0.382 e. The van der Waals surface area contributed by atoms with Crippen LogP contribution < -0.4 is 11.1 Å². The van der Waals surface area contributed by atoms with Crippen molar-refractivity contribution in [2.45, 2.75) is 23.5 Å². The summed E-state index contributed by atoms with van der Waals surface area (Å²) in [5, 5.41) is 3.07. The van der Waals surface area contributed by atoms with Crippen LogP contribution in [0.2, 0.25) is 0 Å². The van der Waals surface area contributed by atoms with Gasteiger partial charge in [0.15, 0.2) is 25.5 Å². The highest BCUT2D eigenvalue weighted by atomic mass is 32.2. The molecule has 0 saturated heterocycles. The average Bonchev–Trinajstić information content (AvgIpc) is 2.54. The molecule has 0 bridgehead atoms. The van der Waals surface area contributed by atoms with E-state index >= 15 is 0 Å². The molecule has 0 amide bonds. The summed E-state index contributed by atoms with van der Waals surface area (Å²) in [6.07, 6.45) is 2.16. The van der Waals surface area contributed by atoms with Crippen LogP contribution in [-0.2, 0) is 19.7 Å². The molecule has 1 heterocycles. The lowest BCUT2D eigenvalue weighted by molar-refractivity contribution is 0.560. The highest BCUT2D eigenvalue weighted by molar-refractivity contribution is 7.92. The van der Waals surface area contributed by atoms with Crippen LogP contribution in [-0.4, -0.2) is 45.0 Å². The van der Waals surface area contributed by atoms with Crippen LogP contribution in [0, 0.1) is 0 Å². The maximum Gasteiger partial charge on any atom is 0.182 e. The third kappa shape index (κ3) is 3.57. The molecule has 19 heavy (non-hydrogen) atoms. The predicted octanol–water partition coefficient (Wildman–Crippen LogP) is 0.364. The second-order valence-electron chi connectivity index (χ2n) is 4.88. The van der Waals surface area contributed by atoms with Crippen molar-refractivity contribution in [2.75, 3.05) is 30.1 Å². The van der Waals surface area contributed by atoms with Gasteiger partial charge in [-0.3, -0.25) is 0 Å². The van der Waals surface area contributed by atoms with Gasteiger partial charge in [-0.1, -0.05) is 0 Å². The third-order valence-electron chi connectivity index (χ3n) is 2.72. The topological polar surface area (TPSA) is 119 Å². The molecule has 1 aromatic rings. The number of sulfone groups is 2. The van der Waals surface area contributed by atoms with Gasteiger partial charge in [-0.25, -0.2) is 16.8 Å². The fourth-order valence-corrected chi connectivity index (χ4v) is 3.59. The first-order valence-electron chi connectivity index (χ1n) is 5.25. The molecule has 0 fully saturated rings. The Morgan fingerprint density at radius 3 is 2.21 bits per heavy atom. The molecular formula is C9H17N3O4S3. The molecule has 10 heteroatoms. The Hall–Kier alpha value is -0.870. The Kier molecular flexibility index (Phi) is 4.18. The third-order valence-corrected chi connectivity index (χ3v) is 6.98. The van der Waals surface area contributed by atoms with Crippen molar-refractivity contribution in [2.24, 2.45) is 0 Å². The van der Waals surface area contributed by atoms with Gasteiger partial charge in [0.2, 0.25) is 0 Å². The molecule has 7 nitrogen and oxygen atoms in total. The Labute approximate surface area is 117 Å². The first-order chi connectivity index (χ1) is 8.36. The molecule has 0 radical (unpaired) electrons. The number of nitrogens with two attached hydrogens (primary N) is 1. The van der Waals surface area contributed by atoms with Crippen molar-refractivity contribution < 1.29 is 16.8 Å². The zero-order valence-corrected chi connectivity index (χ0v) is 13.5. The fourth-order valence-electron chi connectivity index (χ4n) is 1.19. The fraction of sp³-hybridized carbons (Fsp3) is 0.667. The molecule has 1 aromatic heterocycles. The number of nitrogen functional groups attached to an aromatic ring is 1. The molecule has 3 N–H and O–H groups in total. The lowest BCUT2D eigenvalue weighted by Gasteiger charge is -2.22. The van der Waals surface area contributed by atoms with E-state index in [1.807, 2.05) is 0 Å². The van der Waals surface area contributed by atoms with Crippen molar-refractivity contribution in [3.8, 4) is 0 Å². The van der Waals surface area contributed by atoms with E-state index in [0.717, 1.165) is 24.0 Å². The highest BCUT2D eigenvalue weighted by Crippen LogP contribution is 2.32. The number of nitrogens with one attached hydrogen (secondary N) is 1. The van der Waals surface area contributed by atoms with Gasteiger partial charge in [-0.05, 0) is 25.4 Å². The van der Waals surface area contributed by atoms with Crippen LogP contribution in [0.5, 0.6) is 0 Å². The van der Waals surface area contributed by atoms with Crippen molar-refractivity contribution >= 4 is 42.0 Å². The van der Waals surface area contributed by atoms with Gasteiger partial charge < -0.3 is 11.1 Å². The lowest BCUT2D eigenvalue weighted by atomic mass is 10.2. The first-order valence-corrected chi connectivity index (χ1v) is 9.80. The summed E-state index contributed by atoms with van der Waals surface area (Å²) in [7, 11) is -6.79. The maximum atomic E-state index is 11.6. The molecule has 0 atom stereocenters. The first kappa shape index (κ1) is 16.2. The van der Waals surface area contributed by atoms with E-state index in [2.05, 4.69) is 9.69 Å². The zero-order valence-electron chi connectivity index (χ0n) is 11.1. The van der Waals surface area contributed by atoms with Crippen LogP contribution >= 0.6 is 11.5 Å². The lowest BCUT2D eigenvalue weighted by Crippen LogP contribution is -2.38. The number of hydrogen-bond donors (Lipinski definition) is 2. The van der Waals surface area contributed by atoms with Gasteiger partial charge in [0, 0.05) is 19.1 Å². The van der Waals surface area contributed by atoms with E-state index < -0.39 is 24.4 Å². The smallest absolute Gasteiger partial charge is 0.182 e. The minimum Gasteiger partial charge on any atom is -0.382 e. The van der Waals surface area contributed by atoms with Crippen molar-refractivity contribution in [1.82, 2.24) is 4.37 Å². The SMILES string of the molecule is CC(C)(CNc1snc(N)c1S(C)(=O)=O)S(C)(=O)=O. The summed E-state index contributed by atoms with van der Waals surface area (Å²) < 4.78 is 49.1. The summed E-state index contributed by atoms with van der Waals surface area (Å²) >= 11 is 0.894. The summed E-state index contributed by atoms with van der Waals surface area (Å²) in [5.41, 5.74) is 5.51. The van der Waals surface area contributed by atoms with Crippen molar-refractivity contribution in [1.29, 1.82) is 0 Å². The summed E-state index contributed by atoms with van der Waals surface area (Å²) in [5.74, 6) is -0.0767. The maximum absolute atomic E-state index is 11.6. The quantitative estimate of drug-likeness (QED) is 0.801. The Morgan fingerprint density at radius 2 is 1.79 bits per heavy atom. The molecular weight excluding hydrogens is 310 g/mol. The molecule has 0 spiro atoms. The highest BCUT2D eigenvalue weighted by Gasteiger charge is 2.31. The van der Waals surface area contributed by atoms with E-state index in [-0.39, 0.29) is 22.3 Å². The number of rotatable bonds is 5. The molecule has 110 valence electrons. The van der Waals surface area contributed by atoms with E-state index in [9.17, 15) is 16.8 Å². The van der Waals surface area contributed by atoms with E-state index in [4.69, 9.17) is 5.73 Å². The molecule has 0 aliphatic carbocycles. The monoisotopic (exact) mass is 327 g/mol. The second kappa shape index (κ2) is 4.91. The Bertz CT molecular complexity index is 674. The van der Waals surface area contributed by atoms with Crippen molar-refractivity contribution in [3.05, 3.63) is 0 Å². The van der Waals surface area contributed by atoms with Gasteiger partial charge in [0.25, 0.3) is 0 Å². The Balaban J connectivity index is 3.05. The normalized spacial score (nSPS) is 13.5. The molecule has 0 aromatic carbocycles. The van der Waals surface area contributed by atoms with E-state index in [1.165, 1.54) is 0 Å². The zero-order chi connectivity index (χ0) is 15.1. The molecule has 0 saturated carbocycles. The van der Waals surface area contributed by atoms with Gasteiger partial charge in [0.05, 0.1) is 4.75 Å². The van der Waals surface area contributed by atoms with E-state index in [1.54, 1.807) is 13.8 Å². The molecule has 0 unspecified atom stereocenters. The van der Waals surface area contributed by atoms with Crippen LogP contribution in [0.25, 0.3) is 0 Å². The number of nitrogens with zero attached hydrogens (tertiary/aromatic N) is 1. The summed E-state index contributed by atoms with van der Waals surface area (Å²) in [6.45, 7) is 3.18. The molecule has 0 aliphatic heterocycles. The van der Waals surface area contributed by atoms with Crippen LogP contribution in [0.4, 0.5) is 10.8 Å².